The topological polar surface area (TPSA) is 42.0 Å². The molecule has 0 aliphatic heterocycles. The van der Waals surface area contributed by atoms with Crippen LogP contribution in [-0.4, -0.2) is 27.1 Å². The molecule has 0 aliphatic rings. The second-order valence-electron chi connectivity index (χ2n) is 3.15. The van der Waals surface area contributed by atoms with Crippen LogP contribution in [0.4, 0.5) is 0 Å². The van der Waals surface area contributed by atoms with Crippen LogP contribution in [-0.2, 0) is 0 Å². The maximum atomic E-state index is 11.7. The van der Waals surface area contributed by atoms with E-state index in [1.165, 1.54) is 11.3 Å². The minimum atomic E-state index is -0.263. The Morgan fingerprint density at radius 1 is 1.64 bits per heavy atom. The van der Waals surface area contributed by atoms with Gasteiger partial charge in [-0.05, 0) is 6.92 Å². The highest BCUT2D eigenvalue weighted by Gasteiger charge is 2.24. The largest absolute Gasteiger partial charge is 0.344 e. The first-order chi connectivity index (χ1) is 6.61. The van der Waals surface area contributed by atoms with Crippen LogP contribution >= 0.6 is 43.2 Å². The van der Waals surface area contributed by atoms with Gasteiger partial charge >= 0.3 is 0 Å². The number of hydrogen-bond donors (Lipinski definition) is 1. The first-order valence-corrected chi connectivity index (χ1v) is 7.06. The molecule has 0 aliphatic carbocycles. The van der Waals surface area contributed by atoms with Crippen molar-refractivity contribution >= 4 is 49.1 Å². The number of nitrogens with one attached hydrogen (secondary N) is 1. The van der Waals surface area contributed by atoms with Crippen molar-refractivity contribution in [2.75, 3.05) is 10.7 Å². The number of alkyl halides is 2. The van der Waals surface area contributed by atoms with Gasteiger partial charge < -0.3 is 5.32 Å². The molecule has 6 heteroatoms. The van der Waals surface area contributed by atoms with E-state index in [0.717, 1.165) is 0 Å². The standard InChI is InChI=1S/C8H10Br2N2OS/c1-8(3-9,4-10)12-7(13)6-2-11-5-14-6/h2,5H,3-4H2,1H3,(H,12,13). The molecule has 0 unspecified atom stereocenters. The molecular weight excluding hydrogens is 332 g/mol. The summed E-state index contributed by atoms with van der Waals surface area (Å²) in [6, 6.07) is 0. The van der Waals surface area contributed by atoms with Gasteiger partial charge in [-0.15, -0.1) is 11.3 Å². The van der Waals surface area contributed by atoms with Crippen molar-refractivity contribution in [2.45, 2.75) is 12.5 Å². The van der Waals surface area contributed by atoms with Crippen molar-refractivity contribution in [3.05, 3.63) is 16.6 Å². The van der Waals surface area contributed by atoms with E-state index in [-0.39, 0.29) is 11.4 Å². The van der Waals surface area contributed by atoms with Gasteiger partial charge in [-0.3, -0.25) is 9.78 Å². The van der Waals surface area contributed by atoms with Crippen molar-refractivity contribution in [1.29, 1.82) is 0 Å². The molecule has 0 radical (unpaired) electrons. The molecule has 1 N–H and O–H groups in total. The van der Waals surface area contributed by atoms with Crippen LogP contribution < -0.4 is 5.32 Å². The number of hydrogen-bond acceptors (Lipinski definition) is 3. The van der Waals surface area contributed by atoms with Gasteiger partial charge in [0.2, 0.25) is 0 Å². The van der Waals surface area contributed by atoms with E-state index < -0.39 is 0 Å². The summed E-state index contributed by atoms with van der Waals surface area (Å²) in [4.78, 5) is 16.2. The molecular formula is C8H10Br2N2OS. The zero-order valence-corrected chi connectivity index (χ0v) is 11.6. The normalized spacial score (nSPS) is 11.4. The molecule has 14 heavy (non-hydrogen) atoms. The molecule has 0 spiro atoms. The quantitative estimate of drug-likeness (QED) is 0.854. The lowest BCUT2D eigenvalue weighted by atomic mass is 10.1. The number of nitrogens with zero attached hydrogens (tertiary/aromatic N) is 1. The van der Waals surface area contributed by atoms with Crippen molar-refractivity contribution in [3.63, 3.8) is 0 Å². The molecule has 0 saturated heterocycles. The monoisotopic (exact) mass is 340 g/mol. The van der Waals surface area contributed by atoms with Crippen LogP contribution in [0.5, 0.6) is 0 Å². The number of carbonyl (C=O) groups excluding carboxylic acids is 1. The number of thiazole rings is 1. The van der Waals surface area contributed by atoms with Crippen molar-refractivity contribution in [1.82, 2.24) is 10.3 Å². The minimum absolute atomic E-state index is 0.0751. The van der Waals surface area contributed by atoms with Gasteiger partial charge in [0.15, 0.2) is 0 Å². The molecule has 1 aromatic heterocycles. The van der Waals surface area contributed by atoms with E-state index in [9.17, 15) is 4.79 Å². The zero-order valence-electron chi connectivity index (χ0n) is 7.59. The lowest BCUT2D eigenvalue weighted by Crippen LogP contribution is -2.48. The second kappa shape index (κ2) is 5.23. The summed E-state index contributed by atoms with van der Waals surface area (Å²) in [7, 11) is 0. The van der Waals surface area contributed by atoms with Gasteiger partial charge in [0.05, 0.1) is 17.2 Å². The lowest BCUT2D eigenvalue weighted by molar-refractivity contribution is 0.0927. The highest BCUT2D eigenvalue weighted by Crippen LogP contribution is 2.14. The number of halogens is 2. The van der Waals surface area contributed by atoms with Gasteiger partial charge in [-0.25, -0.2) is 0 Å². The van der Waals surface area contributed by atoms with E-state index in [1.807, 2.05) is 6.92 Å². The molecule has 0 bridgehead atoms. The maximum Gasteiger partial charge on any atom is 0.263 e. The average molecular weight is 342 g/mol. The SMILES string of the molecule is CC(CBr)(CBr)NC(=O)c1cncs1. The Morgan fingerprint density at radius 2 is 2.29 bits per heavy atom. The van der Waals surface area contributed by atoms with Crippen LogP contribution in [0.1, 0.15) is 16.6 Å². The predicted octanol–water partition coefficient (Wildman–Crippen LogP) is 2.42. The summed E-state index contributed by atoms with van der Waals surface area (Å²) in [5, 5.41) is 4.34. The fourth-order valence-electron chi connectivity index (χ4n) is 0.766. The summed E-state index contributed by atoms with van der Waals surface area (Å²) in [6.07, 6.45) is 1.57. The zero-order chi connectivity index (χ0) is 10.6. The lowest BCUT2D eigenvalue weighted by Gasteiger charge is -2.25. The maximum absolute atomic E-state index is 11.7. The number of carbonyl (C=O) groups is 1. The smallest absolute Gasteiger partial charge is 0.263 e. The first-order valence-electron chi connectivity index (χ1n) is 3.94. The van der Waals surface area contributed by atoms with Crippen molar-refractivity contribution in [2.24, 2.45) is 0 Å². The number of aromatic nitrogens is 1. The summed E-state index contributed by atoms with van der Waals surface area (Å²) in [5.74, 6) is -0.0751. The van der Waals surface area contributed by atoms with Crippen LogP contribution in [0.25, 0.3) is 0 Å². The minimum Gasteiger partial charge on any atom is -0.344 e. The molecule has 1 amide bonds. The van der Waals surface area contributed by atoms with Crippen LogP contribution in [0, 0.1) is 0 Å². The third kappa shape index (κ3) is 3.03. The van der Waals surface area contributed by atoms with E-state index in [0.29, 0.717) is 15.5 Å². The summed E-state index contributed by atoms with van der Waals surface area (Å²) >= 11 is 8.07. The third-order valence-corrected chi connectivity index (χ3v) is 4.91. The fourth-order valence-corrected chi connectivity index (χ4v) is 2.49. The Balaban J connectivity index is 2.65. The average Bonchev–Trinajstić information content (AvgIpc) is 2.70. The summed E-state index contributed by atoms with van der Waals surface area (Å²) in [5.41, 5.74) is 1.38. The van der Waals surface area contributed by atoms with E-state index in [1.54, 1.807) is 11.7 Å². The van der Waals surface area contributed by atoms with E-state index >= 15 is 0 Å². The molecule has 78 valence electrons. The Kier molecular flexibility index (Phi) is 4.53. The highest BCUT2D eigenvalue weighted by molar-refractivity contribution is 9.09. The number of amides is 1. The second-order valence-corrected chi connectivity index (χ2v) is 5.16. The Labute approximate surface area is 104 Å². The van der Waals surface area contributed by atoms with E-state index in [4.69, 9.17) is 0 Å². The summed E-state index contributed by atoms with van der Waals surface area (Å²) < 4.78 is 0. The highest BCUT2D eigenvalue weighted by atomic mass is 79.9. The molecule has 1 rings (SSSR count). The predicted molar refractivity (Wildman–Crippen MR) is 65.6 cm³/mol. The van der Waals surface area contributed by atoms with Crippen LogP contribution in [0.3, 0.4) is 0 Å². The molecule has 0 atom stereocenters. The van der Waals surface area contributed by atoms with Gasteiger partial charge in [-0.1, -0.05) is 31.9 Å². The van der Waals surface area contributed by atoms with Crippen molar-refractivity contribution in [3.8, 4) is 0 Å². The molecule has 0 saturated carbocycles. The Bertz CT molecular complexity index is 298. The van der Waals surface area contributed by atoms with Crippen LogP contribution in [0.15, 0.2) is 11.7 Å². The number of rotatable bonds is 4. The van der Waals surface area contributed by atoms with Crippen LogP contribution in [0.2, 0.25) is 0 Å². The molecule has 0 aromatic carbocycles. The van der Waals surface area contributed by atoms with Gasteiger partial charge in [0.1, 0.15) is 4.88 Å². The molecule has 0 fully saturated rings. The summed E-state index contributed by atoms with van der Waals surface area (Å²) in [6.45, 7) is 1.97. The molecule has 3 nitrogen and oxygen atoms in total. The first kappa shape index (κ1) is 12.1. The Hall–Kier alpha value is 0.0600. The van der Waals surface area contributed by atoms with E-state index in [2.05, 4.69) is 42.2 Å². The fraction of sp³-hybridized carbons (Fsp3) is 0.500. The van der Waals surface area contributed by atoms with Gasteiger partial charge in [0, 0.05) is 10.7 Å². The Morgan fingerprint density at radius 3 is 2.71 bits per heavy atom. The molecule has 1 aromatic rings. The van der Waals surface area contributed by atoms with Gasteiger partial charge in [-0.2, -0.15) is 0 Å². The third-order valence-electron chi connectivity index (χ3n) is 1.66. The van der Waals surface area contributed by atoms with Crippen molar-refractivity contribution < 1.29 is 4.79 Å². The molecule has 1 heterocycles. The van der Waals surface area contributed by atoms with Gasteiger partial charge in [0.25, 0.3) is 5.91 Å².